The second kappa shape index (κ2) is 10.8. The number of ether oxygens (including phenoxy) is 1. The molecule has 1 unspecified atom stereocenters. The van der Waals surface area contributed by atoms with Crippen molar-refractivity contribution in [2.24, 2.45) is 56.7 Å². The van der Waals surface area contributed by atoms with Crippen LogP contribution in [0, 0.1) is 56.7 Å². The SMILES string of the molecule is C=C(CC[C@@H](C)[C@H]1CC[C@@]2(C)[C@@H]3CC[C@H]4C(C)(C)CCC(OC(=O)/C(C)=C/c5ccc(O)cc5)[C@@]45C[C@@]35CC[C@]12C)C(C)C. The van der Waals surface area contributed by atoms with Crippen molar-refractivity contribution < 1.29 is 14.6 Å². The Morgan fingerprint density at radius 3 is 2.32 bits per heavy atom. The Hall–Kier alpha value is -2.03. The van der Waals surface area contributed by atoms with Gasteiger partial charge in [-0.05, 0) is 153 Å². The number of benzene rings is 1. The summed E-state index contributed by atoms with van der Waals surface area (Å²) in [5, 5.41) is 9.67. The van der Waals surface area contributed by atoms with E-state index >= 15 is 0 Å². The number of rotatable bonds is 8. The summed E-state index contributed by atoms with van der Waals surface area (Å²) < 4.78 is 6.64. The van der Waals surface area contributed by atoms with E-state index in [1.54, 1.807) is 12.1 Å². The first-order chi connectivity index (χ1) is 20.6. The first-order valence-electron chi connectivity index (χ1n) is 18.0. The Kier molecular flexibility index (Phi) is 7.81. The maximum atomic E-state index is 13.7. The van der Waals surface area contributed by atoms with Crippen LogP contribution >= 0.6 is 0 Å². The highest BCUT2D eigenvalue weighted by atomic mass is 16.5. The van der Waals surface area contributed by atoms with E-state index in [9.17, 15) is 9.90 Å². The average Bonchev–Trinajstić information content (AvgIpc) is 3.57. The molecule has 1 aromatic rings. The van der Waals surface area contributed by atoms with Crippen LogP contribution in [0.5, 0.6) is 5.75 Å². The van der Waals surface area contributed by atoms with Crippen LogP contribution in [-0.4, -0.2) is 17.2 Å². The molecule has 0 bridgehead atoms. The van der Waals surface area contributed by atoms with Crippen molar-refractivity contribution >= 4 is 12.0 Å². The zero-order valence-electron chi connectivity index (χ0n) is 29.1. The van der Waals surface area contributed by atoms with Gasteiger partial charge < -0.3 is 9.84 Å². The van der Waals surface area contributed by atoms with Crippen LogP contribution in [0.4, 0.5) is 0 Å². The summed E-state index contributed by atoms with van der Waals surface area (Å²) in [5.74, 6) is 3.55. The van der Waals surface area contributed by atoms with Gasteiger partial charge in [0.25, 0.3) is 0 Å². The third kappa shape index (κ3) is 4.59. The summed E-state index contributed by atoms with van der Waals surface area (Å²) in [6, 6.07) is 7.03. The van der Waals surface area contributed by atoms with Crippen LogP contribution in [-0.2, 0) is 9.53 Å². The first-order valence-corrected chi connectivity index (χ1v) is 18.0. The molecular weight excluding hydrogens is 540 g/mol. The number of phenols is 1. The molecule has 6 rings (SSSR count). The number of aromatic hydroxyl groups is 1. The number of allylic oxidation sites excluding steroid dienone is 1. The van der Waals surface area contributed by atoms with E-state index in [1.165, 1.54) is 63.4 Å². The van der Waals surface area contributed by atoms with Crippen molar-refractivity contribution in [1.29, 1.82) is 0 Å². The van der Waals surface area contributed by atoms with Crippen molar-refractivity contribution in [2.75, 3.05) is 0 Å². The van der Waals surface area contributed by atoms with E-state index in [-0.39, 0.29) is 23.2 Å². The lowest BCUT2D eigenvalue weighted by atomic mass is 9.41. The average molecular weight is 601 g/mol. The van der Waals surface area contributed by atoms with E-state index in [4.69, 9.17) is 4.74 Å². The van der Waals surface area contributed by atoms with Crippen molar-refractivity contribution in [1.82, 2.24) is 0 Å². The smallest absolute Gasteiger partial charge is 0.334 e. The van der Waals surface area contributed by atoms with Crippen molar-refractivity contribution in [2.45, 2.75) is 132 Å². The highest BCUT2D eigenvalue weighted by molar-refractivity contribution is 5.93. The molecular formula is C41H60O3. The summed E-state index contributed by atoms with van der Waals surface area (Å²) in [6.07, 6.45) is 15.8. The maximum absolute atomic E-state index is 13.7. The standard InChI is InChI=1S/C41H60O3/c1-26(2)27(3)10-11-28(4)32-18-21-39(9)34-17-16-33-37(6,7)20-19-35(41(33)25-40(34,41)23-22-38(32,39)8)44-36(43)29(5)24-30-12-14-31(42)15-13-30/h12-15,24,26,28,32-35,42H,3,10-11,16-23,25H2,1-2,4-9H3/b29-24+/t28-,32-,33+,34+,35?,38-,39+,40+,41-/m1/s1. The lowest BCUT2D eigenvalue weighted by molar-refractivity contribution is -0.186. The van der Waals surface area contributed by atoms with Crippen LogP contribution in [0.2, 0.25) is 0 Å². The molecule has 5 aliphatic rings. The summed E-state index contributed by atoms with van der Waals surface area (Å²) in [5.41, 5.74) is 4.47. The van der Waals surface area contributed by atoms with Gasteiger partial charge in [0.15, 0.2) is 0 Å². The van der Waals surface area contributed by atoms with Crippen LogP contribution in [0.15, 0.2) is 42.0 Å². The van der Waals surface area contributed by atoms with Crippen LogP contribution < -0.4 is 0 Å². The van der Waals surface area contributed by atoms with Gasteiger partial charge in [0.05, 0.1) is 0 Å². The number of phenolic OH excluding ortho intramolecular Hbond substituents is 1. The van der Waals surface area contributed by atoms with Gasteiger partial charge in [-0.1, -0.05) is 72.8 Å². The summed E-state index contributed by atoms with van der Waals surface area (Å²) in [7, 11) is 0. The van der Waals surface area contributed by atoms with Crippen LogP contribution in [0.3, 0.4) is 0 Å². The molecule has 0 heterocycles. The molecule has 0 radical (unpaired) electrons. The van der Waals surface area contributed by atoms with E-state index in [1.807, 2.05) is 25.1 Å². The van der Waals surface area contributed by atoms with Gasteiger partial charge in [-0.15, -0.1) is 0 Å². The van der Waals surface area contributed by atoms with Crippen molar-refractivity contribution in [3.8, 4) is 5.75 Å². The fraction of sp³-hybridized carbons (Fsp3) is 0.732. The minimum atomic E-state index is -0.162. The number of carbonyl (C=O) groups is 1. The quantitative estimate of drug-likeness (QED) is 0.183. The summed E-state index contributed by atoms with van der Waals surface area (Å²) >= 11 is 0. The Bertz CT molecular complexity index is 1320. The summed E-state index contributed by atoms with van der Waals surface area (Å²) in [4.78, 5) is 13.7. The van der Waals surface area contributed by atoms with E-state index in [0.717, 1.165) is 36.2 Å². The number of fused-ring (bicyclic) bond motifs is 2. The molecule has 9 atom stereocenters. The zero-order chi connectivity index (χ0) is 31.9. The van der Waals surface area contributed by atoms with E-state index < -0.39 is 0 Å². The van der Waals surface area contributed by atoms with Crippen LogP contribution in [0.1, 0.15) is 132 Å². The molecule has 2 spiro atoms. The Morgan fingerprint density at radius 1 is 0.955 bits per heavy atom. The predicted octanol–water partition coefficient (Wildman–Crippen LogP) is 10.8. The lowest BCUT2D eigenvalue weighted by Crippen LogP contribution is -2.59. The van der Waals surface area contributed by atoms with E-state index in [0.29, 0.717) is 39.1 Å². The van der Waals surface area contributed by atoms with Gasteiger partial charge in [0, 0.05) is 11.0 Å². The van der Waals surface area contributed by atoms with Gasteiger partial charge in [0.2, 0.25) is 0 Å². The lowest BCUT2D eigenvalue weighted by Gasteiger charge is -2.63. The van der Waals surface area contributed by atoms with Gasteiger partial charge in [-0.2, -0.15) is 0 Å². The highest BCUT2D eigenvalue weighted by Gasteiger charge is 2.84. The van der Waals surface area contributed by atoms with Gasteiger partial charge in [-0.25, -0.2) is 4.79 Å². The monoisotopic (exact) mass is 600 g/mol. The van der Waals surface area contributed by atoms with Crippen molar-refractivity contribution in [3.05, 3.63) is 47.6 Å². The van der Waals surface area contributed by atoms with Gasteiger partial charge >= 0.3 is 5.97 Å². The molecule has 1 aromatic carbocycles. The fourth-order valence-electron chi connectivity index (χ4n) is 12.5. The molecule has 242 valence electrons. The third-order valence-electron chi connectivity index (χ3n) is 15.2. The second-order valence-electron chi connectivity index (χ2n) is 17.7. The number of esters is 1. The predicted molar refractivity (Wildman–Crippen MR) is 181 cm³/mol. The van der Waals surface area contributed by atoms with Crippen LogP contribution in [0.25, 0.3) is 6.08 Å². The molecule has 0 saturated heterocycles. The third-order valence-corrected chi connectivity index (χ3v) is 15.2. The Morgan fingerprint density at radius 2 is 1.64 bits per heavy atom. The molecule has 5 fully saturated rings. The molecule has 1 N–H and O–H groups in total. The zero-order valence-corrected chi connectivity index (χ0v) is 29.1. The Labute approximate surface area is 268 Å². The first kappa shape index (κ1) is 31.9. The molecule has 44 heavy (non-hydrogen) atoms. The number of hydrogen-bond acceptors (Lipinski definition) is 3. The van der Waals surface area contributed by atoms with Gasteiger partial charge in [-0.3, -0.25) is 0 Å². The largest absolute Gasteiger partial charge is 0.508 e. The van der Waals surface area contributed by atoms with Gasteiger partial charge in [0.1, 0.15) is 11.9 Å². The second-order valence-corrected chi connectivity index (χ2v) is 17.7. The topological polar surface area (TPSA) is 46.5 Å². The molecule has 3 nitrogen and oxygen atoms in total. The maximum Gasteiger partial charge on any atom is 0.334 e. The fourth-order valence-corrected chi connectivity index (χ4v) is 12.5. The number of carbonyl (C=O) groups excluding carboxylic acids is 1. The number of hydrogen-bond donors (Lipinski definition) is 1. The molecule has 5 aliphatic carbocycles. The molecule has 5 saturated carbocycles. The van der Waals surface area contributed by atoms with E-state index in [2.05, 4.69) is 55.0 Å². The minimum absolute atomic E-state index is 0.0186. The Balaban J connectivity index is 1.26. The molecule has 0 aliphatic heterocycles. The summed E-state index contributed by atoms with van der Waals surface area (Å²) in [6.45, 7) is 23.8. The van der Waals surface area contributed by atoms with Crippen molar-refractivity contribution in [3.63, 3.8) is 0 Å². The molecule has 0 amide bonds. The molecule has 3 heteroatoms. The molecule has 0 aromatic heterocycles. The normalized spacial score (nSPS) is 41.2. The minimum Gasteiger partial charge on any atom is -0.508 e. The highest BCUT2D eigenvalue weighted by Crippen LogP contribution is 2.89.